The molecule has 3 heteroatoms. The van der Waals surface area contributed by atoms with E-state index in [4.69, 9.17) is 4.74 Å². The summed E-state index contributed by atoms with van der Waals surface area (Å²) in [7, 11) is 1.71. The van der Waals surface area contributed by atoms with E-state index in [1.807, 2.05) is 0 Å². The first kappa shape index (κ1) is 21.9. The summed E-state index contributed by atoms with van der Waals surface area (Å²) in [5.74, 6) is 1.86. The number of ether oxygens (including phenoxy) is 1. The summed E-state index contributed by atoms with van der Waals surface area (Å²) >= 11 is 0. The van der Waals surface area contributed by atoms with Gasteiger partial charge in [-0.2, -0.15) is 0 Å². The quantitative estimate of drug-likeness (QED) is 0.573. The van der Waals surface area contributed by atoms with Crippen LogP contribution in [0.2, 0.25) is 0 Å². The Labute approximate surface area is 176 Å². The zero-order chi connectivity index (χ0) is 20.6. The minimum atomic E-state index is -0.397. The molecular formula is C26H37NO2. The lowest BCUT2D eigenvalue weighted by Crippen LogP contribution is -2.33. The van der Waals surface area contributed by atoms with E-state index in [1.165, 1.54) is 30.4 Å². The SMILES string of the molecule is CC[C@@H](c1ccc(OC)cc1)[C@@H](CC)c1ccc([C@@H](O)CN2CCCCC2)cc1. The lowest BCUT2D eigenvalue weighted by Gasteiger charge is -2.29. The molecule has 1 N–H and O–H groups in total. The van der Waals surface area contributed by atoms with Crippen molar-refractivity contribution in [3.05, 3.63) is 65.2 Å². The van der Waals surface area contributed by atoms with Crippen LogP contribution in [0.5, 0.6) is 5.75 Å². The smallest absolute Gasteiger partial charge is 0.118 e. The molecule has 2 aromatic carbocycles. The van der Waals surface area contributed by atoms with Crippen LogP contribution in [-0.4, -0.2) is 36.8 Å². The Kier molecular flexibility index (Phi) is 8.14. The van der Waals surface area contributed by atoms with Crippen molar-refractivity contribution in [3.63, 3.8) is 0 Å². The second-order valence-corrected chi connectivity index (χ2v) is 8.35. The van der Waals surface area contributed by atoms with Crippen LogP contribution in [0, 0.1) is 0 Å². The van der Waals surface area contributed by atoms with Crippen LogP contribution in [0.3, 0.4) is 0 Å². The third-order valence-electron chi connectivity index (χ3n) is 6.54. The standard InChI is InChI=1S/C26H37NO2/c1-4-24(25(5-2)21-13-15-23(29-3)16-14-21)20-9-11-22(12-10-20)26(28)19-27-17-7-6-8-18-27/h9-16,24-26,28H,4-8,17-19H2,1-3H3/t24-,25-,26-/m0/s1. The van der Waals surface area contributed by atoms with Crippen molar-refractivity contribution in [2.24, 2.45) is 0 Å². The van der Waals surface area contributed by atoms with Crippen molar-refractivity contribution in [3.8, 4) is 5.75 Å². The zero-order valence-electron chi connectivity index (χ0n) is 18.3. The minimum Gasteiger partial charge on any atom is -0.497 e. The molecule has 1 saturated heterocycles. The normalized spacial score (nSPS) is 18.2. The molecule has 0 bridgehead atoms. The van der Waals surface area contributed by atoms with Gasteiger partial charge < -0.3 is 14.7 Å². The van der Waals surface area contributed by atoms with Crippen molar-refractivity contribution < 1.29 is 9.84 Å². The predicted octanol–water partition coefficient (Wildman–Crippen LogP) is 5.90. The number of benzene rings is 2. The van der Waals surface area contributed by atoms with Crippen molar-refractivity contribution >= 4 is 0 Å². The summed E-state index contributed by atoms with van der Waals surface area (Å²) in [5.41, 5.74) is 3.77. The van der Waals surface area contributed by atoms with Gasteiger partial charge in [-0.3, -0.25) is 0 Å². The van der Waals surface area contributed by atoms with Crippen LogP contribution in [-0.2, 0) is 0 Å². The number of hydrogen-bond donors (Lipinski definition) is 1. The molecule has 1 aliphatic rings. The molecule has 3 nitrogen and oxygen atoms in total. The van der Waals surface area contributed by atoms with Gasteiger partial charge in [0.05, 0.1) is 13.2 Å². The Morgan fingerprint density at radius 1 is 0.793 bits per heavy atom. The lowest BCUT2D eigenvalue weighted by molar-refractivity contribution is 0.101. The molecular weight excluding hydrogens is 358 g/mol. The fraction of sp³-hybridized carbons (Fsp3) is 0.538. The van der Waals surface area contributed by atoms with Gasteiger partial charge in [-0.1, -0.05) is 56.7 Å². The molecule has 0 spiro atoms. The zero-order valence-corrected chi connectivity index (χ0v) is 18.3. The van der Waals surface area contributed by atoms with E-state index in [9.17, 15) is 5.11 Å². The predicted molar refractivity (Wildman–Crippen MR) is 121 cm³/mol. The molecule has 1 aliphatic heterocycles. The van der Waals surface area contributed by atoms with E-state index in [1.54, 1.807) is 7.11 Å². The van der Waals surface area contributed by atoms with Crippen LogP contribution in [0.15, 0.2) is 48.5 Å². The maximum absolute atomic E-state index is 10.7. The second-order valence-electron chi connectivity index (χ2n) is 8.35. The van der Waals surface area contributed by atoms with E-state index in [0.29, 0.717) is 11.8 Å². The van der Waals surface area contributed by atoms with Gasteiger partial charge in [-0.25, -0.2) is 0 Å². The highest BCUT2D eigenvalue weighted by atomic mass is 16.5. The number of piperidine rings is 1. The van der Waals surface area contributed by atoms with Crippen LogP contribution in [0.25, 0.3) is 0 Å². The molecule has 29 heavy (non-hydrogen) atoms. The first-order chi connectivity index (χ1) is 14.2. The summed E-state index contributed by atoms with van der Waals surface area (Å²) in [4.78, 5) is 2.40. The number of aliphatic hydroxyl groups is 1. The monoisotopic (exact) mass is 395 g/mol. The Morgan fingerprint density at radius 3 is 1.76 bits per heavy atom. The average Bonchev–Trinajstić information content (AvgIpc) is 2.78. The Balaban J connectivity index is 1.71. The maximum atomic E-state index is 10.7. The van der Waals surface area contributed by atoms with Gasteiger partial charge in [-0.05, 0) is 79.4 Å². The second kappa shape index (κ2) is 10.8. The summed E-state index contributed by atoms with van der Waals surface area (Å²) in [6, 6.07) is 17.2. The highest BCUT2D eigenvalue weighted by Gasteiger charge is 2.23. The van der Waals surface area contributed by atoms with Crippen LogP contribution in [0.1, 0.15) is 80.6 Å². The van der Waals surface area contributed by atoms with Crippen LogP contribution < -0.4 is 4.74 Å². The molecule has 1 fully saturated rings. The fourth-order valence-corrected chi connectivity index (χ4v) is 4.81. The fourth-order valence-electron chi connectivity index (χ4n) is 4.81. The van der Waals surface area contributed by atoms with Crippen molar-refractivity contribution in [1.29, 1.82) is 0 Å². The van der Waals surface area contributed by atoms with E-state index >= 15 is 0 Å². The number of likely N-dealkylation sites (tertiary alicyclic amines) is 1. The third-order valence-corrected chi connectivity index (χ3v) is 6.54. The highest BCUT2D eigenvalue weighted by molar-refractivity contribution is 5.34. The molecule has 0 unspecified atom stereocenters. The van der Waals surface area contributed by atoms with E-state index in [-0.39, 0.29) is 0 Å². The number of methoxy groups -OCH3 is 1. The molecule has 1 heterocycles. The highest BCUT2D eigenvalue weighted by Crippen LogP contribution is 2.38. The molecule has 3 rings (SSSR count). The molecule has 0 aromatic heterocycles. The Morgan fingerprint density at radius 2 is 1.28 bits per heavy atom. The van der Waals surface area contributed by atoms with Gasteiger partial charge in [0, 0.05) is 6.54 Å². The number of nitrogens with zero attached hydrogens (tertiary/aromatic N) is 1. The molecule has 3 atom stereocenters. The minimum absolute atomic E-state index is 0.397. The summed E-state index contributed by atoms with van der Waals surface area (Å²) < 4.78 is 5.32. The summed E-state index contributed by atoms with van der Waals surface area (Å²) in [6.45, 7) is 7.53. The molecule has 0 saturated carbocycles. The van der Waals surface area contributed by atoms with E-state index in [2.05, 4.69) is 67.3 Å². The third kappa shape index (κ3) is 5.61. The maximum Gasteiger partial charge on any atom is 0.118 e. The molecule has 0 radical (unpaired) electrons. The van der Waals surface area contributed by atoms with E-state index < -0.39 is 6.10 Å². The summed E-state index contributed by atoms with van der Waals surface area (Å²) in [5, 5.41) is 10.7. The Hall–Kier alpha value is -1.84. The first-order valence-corrected chi connectivity index (χ1v) is 11.3. The van der Waals surface area contributed by atoms with Gasteiger partial charge in [0.1, 0.15) is 5.75 Å². The lowest BCUT2D eigenvalue weighted by atomic mass is 9.78. The number of aliphatic hydroxyl groups excluding tert-OH is 1. The van der Waals surface area contributed by atoms with Crippen molar-refractivity contribution in [1.82, 2.24) is 4.90 Å². The van der Waals surface area contributed by atoms with Crippen molar-refractivity contribution in [2.75, 3.05) is 26.7 Å². The molecule has 2 aromatic rings. The summed E-state index contributed by atoms with van der Waals surface area (Å²) in [6.07, 6.45) is 5.64. The van der Waals surface area contributed by atoms with Gasteiger partial charge in [0.25, 0.3) is 0 Å². The average molecular weight is 396 g/mol. The molecule has 0 aliphatic carbocycles. The number of β-amino-alcohol motifs (C(OH)–C–C–N with tert-alkyl or cyclic N) is 1. The van der Waals surface area contributed by atoms with Crippen LogP contribution in [0.4, 0.5) is 0 Å². The largest absolute Gasteiger partial charge is 0.497 e. The first-order valence-electron chi connectivity index (χ1n) is 11.3. The van der Waals surface area contributed by atoms with Crippen LogP contribution >= 0.6 is 0 Å². The number of hydrogen-bond acceptors (Lipinski definition) is 3. The Bertz CT molecular complexity index is 719. The van der Waals surface area contributed by atoms with Gasteiger partial charge in [-0.15, -0.1) is 0 Å². The molecule has 158 valence electrons. The topological polar surface area (TPSA) is 32.7 Å². The van der Waals surface area contributed by atoms with E-state index in [0.717, 1.165) is 43.8 Å². The molecule has 0 amide bonds. The number of rotatable bonds is 9. The van der Waals surface area contributed by atoms with Gasteiger partial charge >= 0.3 is 0 Å². The van der Waals surface area contributed by atoms with Gasteiger partial charge in [0.2, 0.25) is 0 Å². The van der Waals surface area contributed by atoms with Gasteiger partial charge in [0.15, 0.2) is 0 Å². The van der Waals surface area contributed by atoms with Crippen molar-refractivity contribution in [2.45, 2.75) is 63.9 Å².